The van der Waals surface area contributed by atoms with Crippen LogP contribution in [0.4, 0.5) is 19.0 Å². The van der Waals surface area contributed by atoms with E-state index in [9.17, 15) is 13.2 Å². The van der Waals surface area contributed by atoms with Crippen LogP contribution in [0.5, 0.6) is 0 Å². The molecule has 4 nitrogen and oxygen atoms in total. The third-order valence-corrected chi connectivity index (χ3v) is 4.89. The molecule has 0 bridgehead atoms. The molecule has 1 aromatic carbocycles. The maximum Gasteiger partial charge on any atom is 0.416 e. The van der Waals surface area contributed by atoms with E-state index in [1.807, 2.05) is 6.92 Å². The summed E-state index contributed by atoms with van der Waals surface area (Å²) < 4.78 is 40.1. The predicted octanol–water partition coefficient (Wildman–Crippen LogP) is 4.99. The van der Waals surface area contributed by atoms with E-state index in [1.54, 1.807) is 7.05 Å². The molecule has 0 spiro atoms. The number of nitrogens with zero attached hydrogens (tertiary/aromatic N) is 2. The van der Waals surface area contributed by atoms with Crippen molar-refractivity contribution in [3.8, 4) is 5.69 Å². The largest absolute Gasteiger partial charge is 0.416 e. The molecule has 0 aliphatic heterocycles. The van der Waals surface area contributed by atoms with Gasteiger partial charge in [-0.05, 0) is 17.9 Å². The molecule has 0 fully saturated rings. The third-order valence-electron chi connectivity index (χ3n) is 3.16. The molecule has 0 atom stereocenters. The van der Waals surface area contributed by atoms with Crippen LogP contribution < -0.4 is 11.1 Å². The Morgan fingerprint density at radius 1 is 1.36 bits per heavy atom. The zero-order valence-electron chi connectivity index (χ0n) is 13.0. The SMILES string of the molecule is CCSc1c(C(N)=S)nn(-c2c(Cl)cc(C(F)(F)F)cc2Cl)c1NC. The fourth-order valence-corrected chi connectivity index (χ4v) is 3.91. The van der Waals surface area contributed by atoms with E-state index in [0.717, 1.165) is 12.1 Å². The second kappa shape index (κ2) is 7.61. The van der Waals surface area contributed by atoms with Crippen LogP contribution in [-0.2, 0) is 6.18 Å². The Morgan fingerprint density at radius 3 is 2.32 bits per heavy atom. The molecule has 0 aliphatic carbocycles. The minimum atomic E-state index is -4.56. The van der Waals surface area contributed by atoms with Gasteiger partial charge in [0.15, 0.2) is 0 Å². The normalized spacial score (nSPS) is 11.6. The highest BCUT2D eigenvalue weighted by molar-refractivity contribution is 7.99. The van der Waals surface area contributed by atoms with Gasteiger partial charge in [-0.25, -0.2) is 4.68 Å². The van der Waals surface area contributed by atoms with Crippen LogP contribution in [0.3, 0.4) is 0 Å². The van der Waals surface area contributed by atoms with Crippen molar-refractivity contribution >= 4 is 58.0 Å². The van der Waals surface area contributed by atoms with E-state index in [0.29, 0.717) is 22.2 Å². The van der Waals surface area contributed by atoms with Gasteiger partial charge in [0, 0.05) is 7.05 Å². The Morgan fingerprint density at radius 2 is 1.92 bits per heavy atom. The van der Waals surface area contributed by atoms with E-state index in [4.69, 9.17) is 41.2 Å². The Labute approximate surface area is 161 Å². The fraction of sp³-hybridized carbons (Fsp3) is 0.286. The number of anilines is 1. The van der Waals surface area contributed by atoms with Crippen molar-refractivity contribution in [2.75, 3.05) is 18.1 Å². The van der Waals surface area contributed by atoms with Crippen LogP contribution in [0.25, 0.3) is 5.69 Å². The van der Waals surface area contributed by atoms with Gasteiger partial charge in [0.1, 0.15) is 22.2 Å². The van der Waals surface area contributed by atoms with Crippen LogP contribution in [0.1, 0.15) is 18.2 Å². The molecule has 2 aromatic rings. The highest BCUT2D eigenvalue weighted by Crippen LogP contribution is 2.40. The second-order valence-electron chi connectivity index (χ2n) is 4.77. The van der Waals surface area contributed by atoms with Crippen LogP contribution in [0.2, 0.25) is 10.0 Å². The van der Waals surface area contributed by atoms with Gasteiger partial charge in [-0.2, -0.15) is 18.3 Å². The highest BCUT2D eigenvalue weighted by Gasteiger charge is 2.33. The van der Waals surface area contributed by atoms with E-state index in [-0.39, 0.29) is 20.7 Å². The second-order valence-corrected chi connectivity index (χ2v) is 7.30. The summed E-state index contributed by atoms with van der Waals surface area (Å²) in [5.41, 5.74) is 5.23. The Kier molecular flexibility index (Phi) is 6.13. The molecule has 0 unspecified atom stereocenters. The number of rotatable bonds is 5. The van der Waals surface area contributed by atoms with Crippen molar-refractivity contribution in [2.24, 2.45) is 5.73 Å². The van der Waals surface area contributed by atoms with Crippen molar-refractivity contribution in [1.29, 1.82) is 0 Å². The molecule has 1 aromatic heterocycles. The van der Waals surface area contributed by atoms with Crippen molar-refractivity contribution in [2.45, 2.75) is 18.0 Å². The lowest BCUT2D eigenvalue weighted by Crippen LogP contribution is -2.12. The van der Waals surface area contributed by atoms with Gasteiger partial charge in [-0.15, -0.1) is 11.8 Å². The van der Waals surface area contributed by atoms with E-state index in [2.05, 4.69) is 10.4 Å². The number of nitrogens with one attached hydrogen (secondary N) is 1. The smallest absolute Gasteiger partial charge is 0.388 e. The molecule has 1 heterocycles. The average molecular weight is 429 g/mol. The Balaban J connectivity index is 2.74. The molecule has 3 N–H and O–H groups in total. The van der Waals surface area contributed by atoms with Crippen molar-refractivity contribution in [3.05, 3.63) is 33.4 Å². The molecule has 0 aliphatic rings. The summed E-state index contributed by atoms with van der Waals surface area (Å²) in [6.07, 6.45) is -4.56. The first kappa shape index (κ1) is 20.2. The summed E-state index contributed by atoms with van der Waals surface area (Å²) in [6, 6.07) is 1.61. The van der Waals surface area contributed by atoms with Crippen molar-refractivity contribution in [1.82, 2.24) is 9.78 Å². The van der Waals surface area contributed by atoms with Crippen LogP contribution in [-0.4, -0.2) is 27.6 Å². The number of halogens is 5. The van der Waals surface area contributed by atoms with Gasteiger partial charge in [0.05, 0.1) is 20.5 Å². The zero-order chi connectivity index (χ0) is 18.9. The van der Waals surface area contributed by atoms with Crippen LogP contribution >= 0.6 is 47.2 Å². The van der Waals surface area contributed by atoms with Crippen molar-refractivity contribution < 1.29 is 13.2 Å². The summed E-state index contributed by atoms with van der Waals surface area (Å²) >= 11 is 18.6. The lowest BCUT2D eigenvalue weighted by molar-refractivity contribution is -0.137. The van der Waals surface area contributed by atoms with E-state index >= 15 is 0 Å². The number of nitrogens with two attached hydrogens (primary N) is 1. The number of hydrogen-bond donors (Lipinski definition) is 2. The molecule has 136 valence electrons. The number of thiocarbonyl (C=S) groups is 1. The first-order valence-electron chi connectivity index (χ1n) is 6.91. The number of alkyl halides is 3. The summed E-state index contributed by atoms with van der Waals surface area (Å²) in [5, 5.41) is 6.86. The number of thioether (sulfide) groups is 1. The summed E-state index contributed by atoms with van der Waals surface area (Å²) in [6.45, 7) is 1.93. The average Bonchev–Trinajstić information content (AvgIpc) is 2.84. The Hall–Kier alpha value is -1.16. The summed E-state index contributed by atoms with van der Waals surface area (Å²) in [7, 11) is 1.64. The number of aromatic nitrogens is 2. The molecule has 2 rings (SSSR count). The standard InChI is InChI=1S/C14H13Cl2F3N4S2/c1-3-25-11-9(12(20)24)22-23(13(11)21-2)10-7(15)4-6(5-8(10)16)14(17,18)19/h4-5,21H,3H2,1-2H3,(H2,20,24). The van der Waals surface area contributed by atoms with Gasteiger partial charge in [0.25, 0.3) is 0 Å². The molecular weight excluding hydrogens is 416 g/mol. The fourth-order valence-electron chi connectivity index (χ4n) is 2.16. The highest BCUT2D eigenvalue weighted by atomic mass is 35.5. The molecule has 0 radical (unpaired) electrons. The zero-order valence-corrected chi connectivity index (χ0v) is 16.2. The lowest BCUT2D eigenvalue weighted by Gasteiger charge is -2.14. The van der Waals surface area contributed by atoms with Crippen LogP contribution in [0, 0.1) is 0 Å². The topological polar surface area (TPSA) is 55.9 Å². The first-order chi connectivity index (χ1) is 11.6. The molecule has 0 saturated heterocycles. The van der Waals surface area contributed by atoms with Gasteiger partial charge in [-0.1, -0.05) is 42.3 Å². The first-order valence-corrected chi connectivity index (χ1v) is 9.06. The molecule has 0 amide bonds. The number of benzene rings is 1. The van der Waals surface area contributed by atoms with E-state index in [1.165, 1.54) is 16.4 Å². The third kappa shape index (κ3) is 3.99. The van der Waals surface area contributed by atoms with Crippen molar-refractivity contribution in [3.63, 3.8) is 0 Å². The Bertz CT molecular complexity index is 798. The summed E-state index contributed by atoms with van der Waals surface area (Å²) in [5.74, 6) is 1.20. The lowest BCUT2D eigenvalue weighted by atomic mass is 10.2. The maximum atomic E-state index is 12.9. The van der Waals surface area contributed by atoms with Crippen LogP contribution in [0.15, 0.2) is 17.0 Å². The molecular formula is C14H13Cl2F3N4S2. The predicted molar refractivity (Wildman–Crippen MR) is 100 cm³/mol. The summed E-state index contributed by atoms with van der Waals surface area (Å²) in [4.78, 5) is 0.731. The molecule has 0 saturated carbocycles. The van der Waals surface area contributed by atoms with Gasteiger partial charge < -0.3 is 11.1 Å². The van der Waals surface area contributed by atoms with E-state index < -0.39 is 11.7 Å². The minimum Gasteiger partial charge on any atom is -0.388 e. The monoisotopic (exact) mass is 428 g/mol. The number of hydrogen-bond acceptors (Lipinski definition) is 4. The van der Waals surface area contributed by atoms with Gasteiger partial charge in [0.2, 0.25) is 0 Å². The van der Waals surface area contributed by atoms with Gasteiger partial charge in [-0.3, -0.25) is 0 Å². The quantitative estimate of drug-likeness (QED) is 0.519. The molecule has 25 heavy (non-hydrogen) atoms. The maximum absolute atomic E-state index is 12.9. The van der Waals surface area contributed by atoms with Gasteiger partial charge >= 0.3 is 6.18 Å². The molecule has 11 heteroatoms. The minimum absolute atomic E-state index is 0.0605.